The summed E-state index contributed by atoms with van der Waals surface area (Å²) in [5, 5.41) is 10.2. The van der Waals surface area contributed by atoms with Gasteiger partial charge in [-0.25, -0.2) is 0 Å². The molecule has 2 aliphatic heterocycles. The smallest absolute Gasteiger partial charge is 0.250 e. The number of aromatic nitrogens is 1. The molecule has 0 unspecified atom stereocenters. The molecule has 0 spiro atoms. The molecule has 0 radical (unpaired) electrons. The van der Waals surface area contributed by atoms with Gasteiger partial charge in [0.05, 0.1) is 6.04 Å². The number of aliphatic hydroxyl groups is 1. The zero-order valence-corrected chi connectivity index (χ0v) is 16.6. The monoisotopic (exact) mass is 387 g/mol. The zero-order chi connectivity index (χ0) is 20.0. The molecule has 1 aliphatic carbocycles. The highest BCUT2D eigenvalue weighted by atomic mass is 16.3. The van der Waals surface area contributed by atoms with Crippen LogP contribution in [0.1, 0.15) is 43.8 Å². The lowest BCUT2D eigenvalue weighted by atomic mass is 9.87. The Kier molecular flexibility index (Phi) is 5.04. The summed E-state index contributed by atoms with van der Waals surface area (Å²) in [5.41, 5.74) is 0.693. The van der Waals surface area contributed by atoms with Gasteiger partial charge in [-0.1, -0.05) is 25.3 Å². The van der Waals surface area contributed by atoms with Gasteiger partial charge < -0.3 is 19.5 Å². The molecule has 1 aromatic rings. The van der Waals surface area contributed by atoms with Crippen LogP contribution >= 0.6 is 0 Å². The van der Waals surface area contributed by atoms with Crippen LogP contribution in [-0.4, -0.2) is 58.0 Å². The molecular formula is C21H29N3O4. The van der Waals surface area contributed by atoms with Crippen molar-refractivity contribution in [2.45, 2.75) is 50.7 Å². The van der Waals surface area contributed by atoms with E-state index in [1.165, 1.54) is 11.0 Å². The lowest BCUT2D eigenvalue weighted by Gasteiger charge is -2.35. The molecule has 152 valence electrons. The lowest BCUT2D eigenvalue weighted by molar-refractivity contribution is -0.148. The van der Waals surface area contributed by atoms with Crippen LogP contribution in [0.2, 0.25) is 0 Å². The van der Waals surface area contributed by atoms with E-state index in [1.54, 1.807) is 29.6 Å². The number of fused-ring (bicyclic) bond motifs is 3. The minimum atomic E-state index is -0.673. The van der Waals surface area contributed by atoms with E-state index in [0.29, 0.717) is 6.54 Å². The van der Waals surface area contributed by atoms with Crippen LogP contribution in [0.4, 0.5) is 0 Å². The van der Waals surface area contributed by atoms with Crippen LogP contribution in [0, 0.1) is 17.8 Å². The number of nitrogens with zero attached hydrogens (tertiary/aromatic N) is 3. The molecule has 1 saturated carbocycles. The van der Waals surface area contributed by atoms with Gasteiger partial charge in [-0.2, -0.15) is 0 Å². The van der Waals surface area contributed by atoms with E-state index in [2.05, 4.69) is 0 Å². The molecule has 1 N–H and O–H groups in total. The Balaban J connectivity index is 1.80. The Morgan fingerprint density at radius 2 is 1.89 bits per heavy atom. The number of likely N-dealkylation sites (N-methyl/N-ethyl adjacent to an activating group) is 1. The molecule has 3 heterocycles. The quantitative estimate of drug-likeness (QED) is 0.839. The fourth-order valence-corrected chi connectivity index (χ4v) is 5.49. The number of amides is 2. The number of carbonyl (C=O) groups excluding carboxylic acids is 2. The summed E-state index contributed by atoms with van der Waals surface area (Å²) in [7, 11) is 3.37. The molecule has 7 heteroatoms. The Labute approximate surface area is 164 Å². The highest BCUT2D eigenvalue weighted by molar-refractivity contribution is 5.90. The predicted octanol–water partition coefficient (Wildman–Crippen LogP) is 1.01. The molecular weight excluding hydrogens is 358 g/mol. The van der Waals surface area contributed by atoms with Crippen LogP contribution in [0.3, 0.4) is 0 Å². The summed E-state index contributed by atoms with van der Waals surface area (Å²) in [6.07, 6.45) is 4.91. The van der Waals surface area contributed by atoms with Crippen molar-refractivity contribution in [3.63, 3.8) is 0 Å². The number of pyridine rings is 1. The number of hydrogen-bond acceptors (Lipinski definition) is 4. The Bertz CT molecular complexity index is 827. The maximum absolute atomic E-state index is 13.6. The Hall–Kier alpha value is -2.15. The van der Waals surface area contributed by atoms with Crippen LogP contribution in [0.5, 0.6) is 0 Å². The predicted molar refractivity (Wildman–Crippen MR) is 103 cm³/mol. The normalized spacial score (nSPS) is 29.5. The van der Waals surface area contributed by atoms with Crippen molar-refractivity contribution < 1.29 is 14.7 Å². The maximum Gasteiger partial charge on any atom is 0.250 e. The van der Waals surface area contributed by atoms with Crippen molar-refractivity contribution in [1.29, 1.82) is 0 Å². The molecule has 2 fully saturated rings. The van der Waals surface area contributed by atoms with Crippen molar-refractivity contribution in [3.05, 3.63) is 34.2 Å². The van der Waals surface area contributed by atoms with E-state index >= 15 is 0 Å². The van der Waals surface area contributed by atoms with Crippen molar-refractivity contribution in [2.75, 3.05) is 20.7 Å². The van der Waals surface area contributed by atoms with Gasteiger partial charge >= 0.3 is 0 Å². The summed E-state index contributed by atoms with van der Waals surface area (Å²) in [5.74, 6) is -0.708. The van der Waals surface area contributed by atoms with Gasteiger partial charge in [0, 0.05) is 56.8 Å². The fraction of sp³-hybridized carbons (Fsp3) is 0.667. The molecule has 4 rings (SSSR count). The maximum atomic E-state index is 13.6. The third-order valence-electron chi connectivity index (χ3n) is 6.85. The third kappa shape index (κ3) is 2.87. The SMILES string of the molecule is CN(C)C(=O)[C@@H]1[C@@H](CO)[C@@H]2Cn3c(cccc3=O)[C@@H]2N1C(=O)C1CCCCC1. The summed E-state index contributed by atoms with van der Waals surface area (Å²) in [6, 6.07) is 4.12. The first-order chi connectivity index (χ1) is 13.5. The van der Waals surface area contributed by atoms with Gasteiger partial charge in [-0.3, -0.25) is 14.4 Å². The zero-order valence-electron chi connectivity index (χ0n) is 16.6. The van der Waals surface area contributed by atoms with Crippen LogP contribution in [-0.2, 0) is 16.1 Å². The highest BCUT2D eigenvalue weighted by Crippen LogP contribution is 2.50. The molecule has 2 amide bonds. The third-order valence-corrected chi connectivity index (χ3v) is 6.85. The first kappa shape index (κ1) is 19.2. The molecule has 3 aliphatic rings. The van der Waals surface area contributed by atoms with Crippen LogP contribution in [0.15, 0.2) is 23.0 Å². The van der Waals surface area contributed by atoms with Gasteiger partial charge in [-0.15, -0.1) is 0 Å². The molecule has 7 nitrogen and oxygen atoms in total. The highest BCUT2D eigenvalue weighted by Gasteiger charge is 2.58. The summed E-state index contributed by atoms with van der Waals surface area (Å²) >= 11 is 0. The molecule has 1 aromatic heterocycles. The average molecular weight is 387 g/mol. The number of aliphatic hydroxyl groups excluding tert-OH is 1. The van der Waals surface area contributed by atoms with E-state index in [4.69, 9.17) is 0 Å². The Morgan fingerprint density at radius 3 is 2.54 bits per heavy atom. The first-order valence-corrected chi connectivity index (χ1v) is 10.3. The first-order valence-electron chi connectivity index (χ1n) is 10.3. The second-order valence-corrected chi connectivity index (χ2v) is 8.61. The summed E-state index contributed by atoms with van der Waals surface area (Å²) < 4.78 is 1.70. The fourth-order valence-electron chi connectivity index (χ4n) is 5.49. The van der Waals surface area contributed by atoms with E-state index in [9.17, 15) is 19.5 Å². The van der Waals surface area contributed by atoms with Crippen molar-refractivity contribution in [1.82, 2.24) is 14.4 Å². The number of rotatable bonds is 3. The number of likely N-dealkylation sites (tertiary alicyclic amines) is 1. The Morgan fingerprint density at radius 1 is 1.18 bits per heavy atom. The standard InChI is InChI=1S/C21H29N3O4/c1-22(2)21(28)19-15(12-25)14-11-23-16(9-6-10-17(23)26)18(14)24(19)20(27)13-7-4-3-5-8-13/h6,9-10,13-15,18-19,25H,3-5,7-8,11-12H2,1-2H3/t14-,15-,18+,19-/m0/s1. The minimum Gasteiger partial charge on any atom is -0.396 e. The van der Waals surface area contributed by atoms with E-state index in [0.717, 1.165) is 37.8 Å². The van der Waals surface area contributed by atoms with Crippen LogP contribution in [0.25, 0.3) is 0 Å². The van der Waals surface area contributed by atoms with Gasteiger partial charge in [0.15, 0.2) is 0 Å². The van der Waals surface area contributed by atoms with E-state index in [-0.39, 0.29) is 47.8 Å². The molecule has 4 atom stereocenters. The molecule has 28 heavy (non-hydrogen) atoms. The van der Waals surface area contributed by atoms with Gasteiger partial charge in [-0.05, 0) is 18.9 Å². The van der Waals surface area contributed by atoms with Gasteiger partial charge in [0.25, 0.3) is 5.56 Å². The average Bonchev–Trinajstić information content (AvgIpc) is 3.22. The summed E-state index contributed by atoms with van der Waals surface area (Å²) in [4.78, 5) is 42.3. The molecule has 1 saturated heterocycles. The van der Waals surface area contributed by atoms with Gasteiger partial charge in [0.1, 0.15) is 6.04 Å². The largest absolute Gasteiger partial charge is 0.396 e. The number of hydrogen-bond donors (Lipinski definition) is 1. The van der Waals surface area contributed by atoms with Crippen LogP contribution < -0.4 is 5.56 Å². The minimum absolute atomic E-state index is 0.00982. The molecule has 0 bridgehead atoms. The van der Waals surface area contributed by atoms with E-state index < -0.39 is 6.04 Å². The van der Waals surface area contributed by atoms with Gasteiger partial charge in [0.2, 0.25) is 11.8 Å². The topological polar surface area (TPSA) is 82.8 Å². The van der Waals surface area contributed by atoms with E-state index in [1.807, 2.05) is 6.07 Å². The summed E-state index contributed by atoms with van der Waals surface area (Å²) in [6.45, 7) is 0.263. The van der Waals surface area contributed by atoms with Crippen molar-refractivity contribution in [2.24, 2.45) is 17.8 Å². The lowest BCUT2D eigenvalue weighted by Crippen LogP contribution is -2.51. The molecule has 0 aromatic carbocycles. The second kappa shape index (κ2) is 7.35. The number of carbonyl (C=O) groups is 2. The second-order valence-electron chi connectivity index (χ2n) is 8.61. The van der Waals surface area contributed by atoms with Crippen molar-refractivity contribution in [3.8, 4) is 0 Å². The van der Waals surface area contributed by atoms with Crippen molar-refractivity contribution >= 4 is 11.8 Å².